The van der Waals surface area contributed by atoms with Crippen LogP contribution in [0.1, 0.15) is 41.3 Å². The lowest BCUT2D eigenvalue weighted by Gasteiger charge is -2.40. The lowest BCUT2D eigenvalue weighted by molar-refractivity contribution is -0.138. The predicted octanol–water partition coefficient (Wildman–Crippen LogP) is 3.88. The molecule has 1 aromatic carbocycles. The van der Waals surface area contributed by atoms with Gasteiger partial charge in [0.2, 0.25) is 5.95 Å². The Balaban J connectivity index is 1.58. The minimum Gasteiger partial charge on any atom is -0.352 e. The summed E-state index contributed by atoms with van der Waals surface area (Å²) in [6.45, 7) is 4.30. The second-order valence-corrected chi connectivity index (χ2v) is 8.30. The summed E-state index contributed by atoms with van der Waals surface area (Å²) in [6.07, 6.45) is 1.45. The molecule has 0 bridgehead atoms. The van der Waals surface area contributed by atoms with Crippen LogP contribution in [0.25, 0.3) is 5.69 Å². The van der Waals surface area contributed by atoms with E-state index in [9.17, 15) is 22.4 Å². The number of hydrogen-bond acceptors (Lipinski definition) is 6. The molecular weight excluding hydrogens is 454 g/mol. The number of likely N-dealkylation sites (tertiary alicyclic amines) is 1. The Morgan fingerprint density at radius 2 is 1.85 bits per heavy atom. The molecule has 0 spiro atoms. The van der Waals surface area contributed by atoms with E-state index < -0.39 is 17.6 Å². The van der Waals surface area contributed by atoms with Gasteiger partial charge in [-0.1, -0.05) is 6.92 Å². The summed E-state index contributed by atoms with van der Waals surface area (Å²) in [6, 6.07) is 2.44. The van der Waals surface area contributed by atoms with E-state index in [1.54, 1.807) is 11.8 Å². The molecule has 12 heteroatoms. The van der Waals surface area contributed by atoms with Gasteiger partial charge in [-0.25, -0.2) is 14.4 Å². The van der Waals surface area contributed by atoms with Gasteiger partial charge in [0.05, 0.1) is 29.6 Å². The molecule has 8 nitrogen and oxygen atoms in total. The predicted molar refractivity (Wildman–Crippen MR) is 115 cm³/mol. The summed E-state index contributed by atoms with van der Waals surface area (Å²) < 4.78 is 52.6. The highest BCUT2D eigenvalue weighted by Crippen LogP contribution is 2.29. The van der Waals surface area contributed by atoms with Crippen LogP contribution in [0.4, 0.5) is 23.5 Å². The van der Waals surface area contributed by atoms with Crippen LogP contribution >= 0.6 is 0 Å². The standard InChI is InChI=1S/C22H23F4N7O/c1-13-4-3-7-32(19(13)12-29-21-27-10-15(11-28-21)22(24,25)26)20(34)16-8-14(2)17(23)9-18(16)33-30-5-6-31-33/h5-6,8-11,13,19H,3-4,7,12H2,1-2H3,(H,27,28,29). The van der Waals surface area contributed by atoms with Crippen LogP contribution in [-0.2, 0) is 6.18 Å². The molecule has 0 saturated carbocycles. The van der Waals surface area contributed by atoms with Gasteiger partial charge in [-0.05, 0) is 37.3 Å². The molecule has 1 N–H and O–H groups in total. The number of benzene rings is 1. The Kier molecular flexibility index (Phi) is 6.49. The highest BCUT2D eigenvalue weighted by molar-refractivity contribution is 5.98. The van der Waals surface area contributed by atoms with Crippen molar-refractivity contribution in [3.8, 4) is 5.69 Å². The highest BCUT2D eigenvalue weighted by Gasteiger charge is 2.34. The molecule has 34 heavy (non-hydrogen) atoms. The first kappa shape index (κ1) is 23.6. The molecule has 1 aliphatic rings. The zero-order valence-corrected chi connectivity index (χ0v) is 18.6. The van der Waals surface area contributed by atoms with Gasteiger partial charge in [0, 0.05) is 31.5 Å². The van der Waals surface area contributed by atoms with Crippen LogP contribution in [0.15, 0.2) is 36.9 Å². The minimum absolute atomic E-state index is 0.0391. The van der Waals surface area contributed by atoms with E-state index >= 15 is 0 Å². The molecule has 0 aliphatic carbocycles. The monoisotopic (exact) mass is 477 g/mol. The Bertz CT molecular complexity index is 1150. The van der Waals surface area contributed by atoms with E-state index in [1.165, 1.54) is 29.3 Å². The molecule has 180 valence electrons. The second kappa shape index (κ2) is 9.35. The molecule has 2 aromatic heterocycles. The second-order valence-electron chi connectivity index (χ2n) is 8.30. The van der Waals surface area contributed by atoms with Gasteiger partial charge in [-0.15, -0.1) is 0 Å². The number of piperidine rings is 1. The zero-order valence-electron chi connectivity index (χ0n) is 18.6. The summed E-state index contributed by atoms with van der Waals surface area (Å²) in [7, 11) is 0. The maximum atomic E-state index is 14.3. The van der Waals surface area contributed by atoms with Crippen molar-refractivity contribution in [1.82, 2.24) is 29.9 Å². The fraction of sp³-hybridized carbons (Fsp3) is 0.409. The number of nitrogens with one attached hydrogen (secondary N) is 1. The molecule has 1 saturated heterocycles. The number of alkyl halides is 3. The topological polar surface area (TPSA) is 88.8 Å². The number of nitrogens with zero attached hydrogens (tertiary/aromatic N) is 6. The molecule has 1 amide bonds. The van der Waals surface area contributed by atoms with Crippen molar-refractivity contribution in [3.63, 3.8) is 0 Å². The quantitative estimate of drug-likeness (QED) is 0.562. The third-order valence-corrected chi connectivity index (χ3v) is 5.97. The van der Waals surface area contributed by atoms with Crippen molar-refractivity contribution >= 4 is 11.9 Å². The summed E-state index contributed by atoms with van der Waals surface area (Å²) in [5.74, 6) is -0.639. The zero-order chi connectivity index (χ0) is 24.5. The van der Waals surface area contributed by atoms with Crippen LogP contribution in [0.5, 0.6) is 0 Å². The van der Waals surface area contributed by atoms with Crippen molar-refractivity contribution in [2.75, 3.05) is 18.4 Å². The van der Waals surface area contributed by atoms with E-state index in [-0.39, 0.29) is 41.6 Å². The number of aryl methyl sites for hydroxylation is 1. The molecule has 3 aromatic rings. The third-order valence-electron chi connectivity index (χ3n) is 5.97. The number of hydrogen-bond donors (Lipinski definition) is 1. The van der Waals surface area contributed by atoms with Gasteiger partial charge in [0.1, 0.15) is 11.5 Å². The van der Waals surface area contributed by atoms with Crippen LogP contribution in [0, 0.1) is 18.7 Å². The van der Waals surface area contributed by atoms with Gasteiger partial charge < -0.3 is 10.2 Å². The molecule has 1 fully saturated rings. The summed E-state index contributed by atoms with van der Waals surface area (Å²) in [5.41, 5.74) is -0.126. The first-order chi connectivity index (χ1) is 16.1. The van der Waals surface area contributed by atoms with Crippen molar-refractivity contribution < 1.29 is 22.4 Å². The first-order valence-corrected chi connectivity index (χ1v) is 10.8. The van der Waals surface area contributed by atoms with E-state index in [0.29, 0.717) is 24.5 Å². The number of amides is 1. The molecule has 2 atom stereocenters. The average Bonchev–Trinajstić information content (AvgIpc) is 3.34. The van der Waals surface area contributed by atoms with Crippen LogP contribution < -0.4 is 5.32 Å². The summed E-state index contributed by atoms with van der Waals surface area (Å²) in [4.78, 5) is 24.0. The van der Waals surface area contributed by atoms with Crippen LogP contribution in [0.2, 0.25) is 0 Å². The molecule has 3 heterocycles. The van der Waals surface area contributed by atoms with E-state index in [0.717, 1.165) is 12.8 Å². The Hall–Kier alpha value is -3.57. The number of halogens is 4. The SMILES string of the molecule is Cc1cc(C(=O)N2CCCC(C)C2CNc2ncc(C(F)(F)F)cn2)c(-n2nccn2)cc1F. The van der Waals surface area contributed by atoms with Crippen molar-refractivity contribution in [2.24, 2.45) is 5.92 Å². The van der Waals surface area contributed by atoms with Crippen LogP contribution in [-0.4, -0.2) is 54.9 Å². The maximum absolute atomic E-state index is 14.3. The lowest BCUT2D eigenvalue weighted by atomic mass is 9.90. The van der Waals surface area contributed by atoms with E-state index in [1.807, 2.05) is 6.92 Å². The van der Waals surface area contributed by atoms with Gasteiger partial charge in [0.25, 0.3) is 5.91 Å². The van der Waals surface area contributed by atoms with E-state index in [2.05, 4.69) is 25.5 Å². The first-order valence-electron chi connectivity index (χ1n) is 10.8. The summed E-state index contributed by atoms with van der Waals surface area (Å²) in [5, 5.41) is 11.0. The summed E-state index contributed by atoms with van der Waals surface area (Å²) >= 11 is 0. The Morgan fingerprint density at radius 3 is 2.50 bits per heavy atom. The number of anilines is 1. The number of carbonyl (C=O) groups is 1. The largest absolute Gasteiger partial charge is 0.419 e. The normalized spacial score (nSPS) is 18.7. The molecule has 4 rings (SSSR count). The molecule has 2 unspecified atom stereocenters. The lowest BCUT2D eigenvalue weighted by Crippen LogP contribution is -2.51. The Labute approximate surface area is 193 Å². The fourth-order valence-electron chi connectivity index (χ4n) is 4.08. The molecular formula is C22H23F4N7O. The van der Waals surface area contributed by atoms with Crippen LogP contribution in [0.3, 0.4) is 0 Å². The maximum Gasteiger partial charge on any atom is 0.419 e. The molecule has 0 radical (unpaired) electrons. The van der Waals surface area contributed by atoms with Gasteiger partial charge >= 0.3 is 6.18 Å². The smallest absolute Gasteiger partial charge is 0.352 e. The fourth-order valence-corrected chi connectivity index (χ4v) is 4.08. The Morgan fingerprint density at radius 1 is 1.18 bits per heavy atom. The van der Waals surface area contributed by atoms with Gasteiger partial charge in [-0.3, -0.25) is 4.79 Å². The minimum atomic E-state index is -4.52. The van der Waals surface area contributed by atoms with E-state index in [4.69, 9.17) is 0 Å². The van der Waals surface area contributed by atoms with Crippen molar-refractivity contribution in [2.45, 2.75) is 38.9 Å². The van der Waals surface area contributed by atoms with Gasteiger partial charge in [-0.2, -0.15) is 28.2 Å². The van der Waals surface area contributed by atoms with Gasteiger partial charge in [0.15, 0.2) is 0 Å². The third kappa shape index (κ3) is 4.85. The highest BCUT2D eigenvalue weighted by atomic mass is 19.4. The number of carbonyl (C=O) groups excluding carboxylic acids is 1. The van der Waals surface area contributed by atoms with Crippen molar-refractivity contribution in [3.05, 3.63) is 59.4 Å². The van der Waals surface area contributed by atoms with Crippen molar-refractivity contribution in [1.29, 1.82) is 0 Å². The average molecular weight is 477 g/mol. The number of rotatable bonds is 5. The molecule has 1 aliphatic heterocycles. The number of aromatic nitrogens is 5.